The third-order valence-corrected chi connectivity index (χ3v) is 3.69. The van der Waals surface area contributed by atoms with Crippen LogP contribution in [0.1, 0.15) is 39.7 Å². The molecule has 2 amide bonds. The Bertz CT molecular complexity index is 512. The number of ether oxygens (including phenoxy) is 1. The normalized spacial score (nSPS) is 11.9. The van der Waals surface area contributed by atoms with Crippen LogP contribution in [-0.2, 0) is 16.1 Å². The molecule has 1 unspecified atom stereocenters. The number of amides is 2. The molecule has 1 N–H and O–H groups in total. The number of carbonyl (C=O) groups excluding carboxylic acids is 2. The third kappa shape index (κ3) is 5.58. The van der Waals surface area contributed by atoms with Crippen LogP contribution in [0.4, 0.5) is 0 Å². The van der Waals surface area contributed by atoms with Crippen LogP contribution in [-0.4, -0.2) is 36.4 Å². The van der Waals surface area contributed by atoms with Crippen LogP contribution in [0, 0.1) is 5.92 Å². The molecule has 23 heavy (non-hydrogen) atoms. The summed E-state index contributed by atoms with van der Waals surface area (Å²) in [5, 5.41) is 2.86. The van der Waals surface area contributed by atoms with Crippen molar-refractivity contribution in [1.29, 1.82) is 0 Å². The summed E-state index contributed by atoms with van der Waals surface area (Å²) in [7, 11) is 1.61. The first-order valence-electron chi connectivity index (χ1n) is 8.11. The highest BCUT2D eigenvalue weighted by molar-refractivity contribution is 5.88. The Kier molecular flexibility index (Phi) is 7.59. The predicted molar refractivity (Wildman–Crippen MR) is 91.1 cm³/mol. The molecule has 0 aliphatic carbocycles. The summed E-state index contributed by atoms with van der Waals surface area (Å²) < 4.78 is 5.15. The molecule has 5 nitrogen and oxygen atoms in total. The van der Waals surface area contributed by atoms with Crippen LogP contribution in [0.2, 0.25) is 0 Å². The minimum atomic E-state index is -0.501. The molecule has 0 spiro atoms. The summed E-state index contributed by atoms with van der Waals surface area (Å²) in [6.45, 7) is 8.49. The van der Waals surface area contributed by atoms with E-state index in [1.807, 2.05) is 45.0 Å². The second-order valence-corrected chi connectivity index (χ2v) is 5.94. The van der Waals surface area contributed by atoms with E-state index in [9.17, 15) is 9.59 Å². The highest BCUT2D eigenvalue weighted by Gasteiger charge is 2.27. The highest BCUT2D eigenvalue weighted by Crippen LogP contribution is 2.16. The van der Waals surface area contributed by atoms with Crippen molar-refractivity contribution in [3.8, 4) is 5.75 Å². The minimum absolute atomic E-state index is 0.0278. The summed E-state index contributed by atoms with van der Waals surface area (Å²) in [4.78, 5) is 26.4. The van der Waals surface area contributed by atoms with Crippen LogP contribution in [0.3, 0.4) is 0 Å². The van der Waals surface area contributed by atoms with Gasteiger partial charge in [-0.05, 0) is 31.0 Å². The topological polar surface area (TPSA) is 58.6 Å². The number of hydrogen-bond acceptors (Lipinski definition) is 3. The monoisotopic (exact) mass is 320 g/mol. The lowest BCUT2D eigenvalue weighted by atomic mass is 10.1. The zero-order chi connectivity index (χ0) is 17.4. The van der Waals surface area contributed by atoms with Crippen LogP contribution >= 0.6 is 0 Å². The molecule has 1 rings (SSSR count). The van der Waals surface area contributed by atoms with E-state index < -0.39 is 6.04 Å². The first kappa shape index (κ1) is 19.0. The molecule has 0 saturated heterocycles. The van der Waals surface area contributed by atoms with Crippen molar-refractivity contribution in [2.45, 2.75) is 46.7 Å². The van der Waals surface area contributed by atoms with E-state index in [0.717, 1.165) is 17.7 Å². The Morgan fingerprint density at radius 1 is 1.17 bits per heavy atom. The molecular weight excluding hydrogens is 292 g/mol. The number of hydrogen-bond donors (Lipinski definition) is 1. The lowest BCUT2D eigenvalue weighted by molar-refractivity contribution is -0.143. The standard InChI is InChI=1S/C18H28N2O3/c1-6-11-19-17(21)14(4)20(18(22)13(2)3)12-15-7-9-16(23-5)10-8-15/h7-10,13-14H,6,11-12H2,1-5H3,(H,19,21). The molecular formula is C18H28N2O3. The molecule has 1 atom stereocenters. The first-order valence-corrected chi connectivity index (χ1v) is 8.11. The van der Waals surface area contributed by atoms with Gasteiger partial charge in [-0.25, -0.2) is 0 Å². The molecule has 0 bridgehead atoms. The average Bonchev–Trinajstić information content (AvgIpc) is 2.56. The van der Waals surface area contributed by atoms with Gasteiger partial charge >= 0.3 is 0 Å². The number of methoxy groups -OCH3 is 1. The SMILES string of the molecule is CCCNC(=O)C(C)N(Cc1ccc(OC)cc1)C(=O)C(C)C. The molecule has 0 aliphatic rings. The molecule has 128 valence electrons. The number of nitrogens with one attached hydrogen (secondary N) is 1. The maximum Gasteiger partial charge on any atom is 0.242 e. The van der Waals surface area contributed by atoms with Gasteiger partial charge in [0, 0.05) is 19.0 Å². The Morgan fingerprint density at radius 3 is 2.26 bits per heavy atom. The van der Waals surface area contributed by atoms with E-state index in [-0.39, 0.29) is 17.7 Å². The van der Waals surface area contributed by atoms with E-state index in [1.165, 1.54) is 0 Å². The van der Waals surface area contributed by atoms with E-state index in [4.69, 9.17) is 4.74 Å². The highest BCUT2D eigenvalue weighted by atomic mass is 16.5. The predicted octanol–water partition coefficient (Wildman–Crippen LogP) is 2.59. The van der Waals surface area contributed by atoms with E-state index in [2.05, 4.69) is 5.32 Å². The van der Waals surface area contributed by atoms with Crippen molar-refractivity contribution in [3.63, 3.8) is 0 Å². The van der Waals surface area contributed by atoms with Crippen LogP contribution in [0.5, 0.6) is 5.75 Å². The minimum Gasteiger partial charge on any atom is -0.497 e. The third-order valence-electron chi connectivity index (χ3n) is 3.69. The number of carbonyl (C=O) groups is 2. The van der Waals surface area contributed by atoms with Crippen molar-refractivity contribution in [2.75, 3.05) is 13.7 Å². The van der Waals surface area contributed by atoms with Crippen molar-refractivity contribution < 1.29 is 14.3 Å². The van der Waals surface area contributed by atoms with Gasteiger partial charge in [0.2, 0.25) is 11.8 Å². The molecule has 1 aromatic carbocycles. The van der Waals surface area contributed by atoms with Crippen molar-refractivity contribution in [2.24, 2.45) is 5.92 Å². The molecule has 0 aliphatic heterocycles. The lowest BCUT2D eigenvalue weighted by Crippen LogP contribution is -2.49. The van der Waals surface area contributed by atoms with Gasteiger partial charge in [0.25, 0.3) is 0 Å². The molecule has 0 saturated carbocycles. The lowest BCUT2D eigenvalue weighted by Gasteiger charge is -2.30. The number of benzene rings is 1. The Hall–Kier alpha value is -2.04. The fourth-order valence-corrected chi connectivity index (χ4v) is 2.20. The van der Waals surface area contributed by atoms with E-state index >= 15 is 0 Å². The smallest absolute Gasteiger partial charge is 0.242 e. The number of nitrogens with zero attached hydrogens (tertiary/aromatic N) is 1. The van der Waals surface area contributed by atoms with Crippen molar-refractivity contribution in [1.82, 2.24) is 10.2 Å². The summed E-state index contributed by atoms with van der Waals surface area (Å²) in [6, 6.07) is 7.04. The average molecular weight is 320 g/mol. The van der Waals surface area contributed by atoms with Gasteiger partial charge < -0.3 is 15.0 Å². The van der Waals surface area contributed by atoms with Gasteiger partial charge in [0.15, 0.2) is 0 Å². The van der Waals surface area contributed by atoms with Crippen molar-refractivity contribution >= 4 is 11.8 Å². The largest absolute Gasteiger partial charge is 0.497 e. The van der Waals surface area contributed by atoms with Gasteiger partial charge in [0.1, 0.15) is 11.8 Å². The fourth-order valence-electron chi connectivity index (χ4n) is 2.20. The van der Waals surface area contributed by atoms with Crippen LogP contribution in [0.25, 0.3) is 0 Å². The molecule has 5 heteroatoms. The Labute approximate surface area is 139 Å². The van der Waals surface area contributed by atoms with Crippen molar-refractivity contribution in [3.05, 3.63) is 29.8 Å². The second kappa shape index (κ2) is 9.18. The van der Waals surface area contributed by atoms with Gasteiger partial charge in [-0.3, -0.25) is 9.59 Å². The molecule has 0 fully saturated rings. The maximum atomic E-state index is 12.5. The fraction of sp³-hybridized carbons (Fsp3) is 0.556. The summed E-state index contributed by atoms with van der Waals surface area (Å²) >= 11 is 0. The summed E-state index contributed by atoms with van der Waals surface area (Å²) in [5.41, 5.74) is 0.968. The maximum absolute atomic E-state index is 12.5. The van der Waals surface area contributed by atoms with Crippen LogP contribution in [0.15, 0.2) is 24.3 Å². The van der Waals surface area contributed by atoms with E-state index in [0.29, 0.717) is 13.1 Å². The zero-order valence-electron chi connectivity index (χ0n) is 14.8. The van der Waals surface area contributed by atoms with Gasteiger partial charge in [0.05, 0.1) is 7.11 Å². The summed E-state index contributed by atoms with van der Waals surface area (Å²) in [6.07, 6.45) is 0.870. The molecule has 0 radical (unpaired) electrons. The Morgan fingerprint density at radius 2 is 1.78 bits per heavy atom. The quantitative estimate of drug-likeness (QED) is 0.801. The molecule has 0 heterocycles. The van der Waals surface area contributed by atoms with Gasteiger partial charge in [-0.2, -0.15) is 0 Å². The second-order valence-electron chi connectivity index (χ2n) is 5.94. The number of rotatable bonds is 8. The zero-order valence-corrected chi connectivity index (χ0v) is 14.8. The van der Waals surface area contributed by atoms with E-state index in [1.54, 1.807) is 18.9 Å². The van der Waals surface area contributed by atoms with Crippen LogP contribution < -0.4 is 10.1 Å². The summed E-state index contributed by atoms with van der Waals surface area (Å²) in [5.74, 6) is 0.466. The molecule has 0 aromatic heterocycles. The van der Waals surface area contributed by atoms with Gasteiger partial charge in [-0.15, -0.1) is 0 Å². The Balaban J connectivity index is 2.90. The molecule has 1 aromatic rings. The van der Waals surface area contributed by atoms with Gasteiger partial charge in [-0.1, -0.05) is 32.9 Å². The first-order chi connectivity index (χ1) is 10.9.